The quantitative estimate of drug-likeness (QED) is 0.484. The first-order valence-electron chi connectivity index (χ1n) is 9.04. The number of benzene rings is 2. The van der Waals surface area contributed by atoms with Gasteiger partial charge < -0.3 is 20.5 Å². The summed E-state index contributed by atoms with van der Waals surface area (Å²) in [7, 11) is 2.70. The summed E-state index contributed by atoms with van der Waals surface area (Å²) < 4.78 is 8.85. The molecule has 2 aromatic rings. The van der Waals surface area contributed by atoms with Gasteiger partial charge in [-0.3, -0.25) is 14.4 Å². The Balaban J connectivity index is -0.000000189. The van der Waals surface area contributed by atoms with Crippen LogP contribution in [0.5, 0.6) is 0 Å². The van der Waals surface area contributed by atoms with E-state index >= 15 is 0 Å². The number of nitrogens with two attached hydrogens (primary N) is 1. The normalized spacial score (nSPS) is 10.3. The monoisotopic (exact) mass is 470 g/mol. The molecule has 0 aliphatic heterocycles. The molecule has 0 unspecified atom stereocenters. The molecule has 0 amide bonds. The van der Waals surface area contributed by atoms with Crippen LogP contribution in [0, 0.1) is 0 Å². The Morgan fingerprint density at radius 2 is 1.34 bits per heavy atom. The molecule has 182 valence electrons. The van der Waals surface area contributed by atoms with E-state index in [1.807, 2.05) is 48.5 Å². The fourth-order valence-corrected chi connectivity index (χ4v) is 1.84. The Hall–Kier alpha value is -2.74. The second-order valence-electron chi connectivity index (χ2n) is 5.95. The number of methoxy groups -OCH3 is 2. The van der Waals surface area contributed by atoms with Crippen LogP contribution in [0.25, 0.3) is 0 Å². The van der Waals surface area contributed by atoms with Crippen LogP contribution in [-0.4, -0.2) is 44.5 Å². The molecule has 3 N–H and O–H groups in total. The van der Waals surface area contributed by atoms with Crippen molar-refractivity contribution in [3.8, 4) is 0 Å². The van der Waals surface area contributed by atoms with Gasteiger partial charge in [-0.05, 0) is 19.4 Å². The van der Waals surface area contributed by atoms with Crippen LogP contribution in [0.4, 0.5) is 0 Å². The molecule has 0 saturated heterocycles. The molecule has 2 aromatic carbocycles. The van der Waals surface area contributed by atoms with Gasteiger partial charge in [-0.15, -0.1) is 12.4 Å². The van der Waals surface area contributed by atoms with Crippen molar-refractivity contribution in [3.05, 3.63) is 71.8 Å². The highest BCUT2D eigenvalue weighted by atomic mass is 35.5. The molecule has 0 aliphatic carbocycles. The topological polar surface area (TPSA) is 108 Å². The zero-order valence-electron chi connectivity index (χ0n) is 17.7. The Kier molecular flexibility index (Phi) is 26.2. The van der Waals surface area contributed by atoms with Crippen molar-refractivity contribution in [3.63, 3.8) is 0 Å². The zero-order valence-corrected chi connectivity index (χ0v) is 18.6. The van der Waals surface area contributed by atoms with Crippen molar-refractivity contribution in [1.29, 1.82) is 0 Å². The van der Waals surface area contributed by atoms with Crippen molar-refractivity contribution in [2.45, 2.75) is 47.3 Å². The molecule has 2 atom stereocenters. The van der Waals surface area contributed by atoms with E-state index in [1.54, 1.807) is 26.0 Å². The molecule has 0 heterocycles. The predicted octanol–water partition coefficient (Wildman–Crippen LogP) is 4.04. The average molecular weight is 471 g/mol. The lowest BCUT2D eigenvalue weighted by molar-refractivity contribution is -0.143. The summed E-state index contributed by atoms with van der Waals surface area (Å²) in [5.41, 5.74) is 6.96. The van der Waals surface area contributed by atoms with Crippen molar-refractivity contribution >= 4 is 30.6 Å². The van der Waals surface area contributed by atoms with Crippen molar-refractivity contribution < 1.29 is 23.9 Å². The van der Waals surface area contributed by atoms with Crippen LogP contribution in [0.15, 0.2) is 60.7 Å². The van der Waals surface area contributed by atoms with Crippen LogP contribution in [0.2, 0.25) is 0 Å². The van der Waals surface area contributed by atoms with Gasteiger partial charge in [-0.1, -0.05) is 75.5 Å². The summed E-state index contributed by atoms with van der Waals surface area (Å²) >= 11 is 0. The predicted molar refractivity (Wildman–Crippen MR) is 133 cm³/mol. The average Bonchev–Trinajstić information content (AvgIpc) is 2.78. The smallest absolute Gasteiger partial charge is 0.322 e. The first-order valence-corrected chi connectivity index (χ1v) is 9.04. The minimum absolute atomic E-state index is 0. The summed E-state index contributed by atoms with van der Waals surface area (Å²) in [5.74, 6) is -0.610. The van der Waals surface area contributed by atoms with Crippen molar-refractivity contribution in [2.75, 3.05) is 14.2 Å². The second-order valence-corrected chi connectivity index (χ2v) is 5.95. The number of hydrogen-bond acceptors (Lipinski definition) is 7. The molecule has 0 radical (unpaired) electrons. The molecule has 32 heavy (non-hydrogen) atoms. The number of hydrogen-bond donors (Lipinski definition) is 2. The van der Waals surface area contributed by atoms with Crippen molar-refractivity contribution in [1.82, 2.24) is 5.32 Å². The molecule has 2 rings (SSSR count). The Bertz CT molecular complexity index is 713. The number of halogens is 1. The van der Waals surface area contributed by atoms with Gasteiger partial charge in [0, 0.05) is 12.1 Å². The third kappa shape index (κ3) is 18.1. The lowest BCUT2D eigenvalue weighted by Gasteiger charge is -2.10. The Labute approximate surface area is 199 Å². The molecule has 0 fully saturated rings. The number of carbonyl (C=O) groups excluding carboxylic acids is 3. The Morgan fingerprint density at radius 1 is 0.906 bits per heavy atom. The number of esters is 2. The third-order valence-corrected chi connectivity index (χ3v) is 3.52. The minimum Gasteiger partial charge on any atom is -0.468 e. The molecule has 0 aromatic heterocycles. The number of aldehydes is 1. The van der Waals surface area contributed by atoms with Gasteiger partial charge in [0.05, 0.1) is 14.2 Å². The molecule has 0 aliphatic rings. The molecule has 0 spiro atoms. The van der Waals surface area contributed by atoms with E-state index in [1.165, 1.54) is 14.2 Å². The SMILES string of the molecule is C.C.COC(=O)[C@@H](C)N.COC(=O)[C@@H](C)NCc1ccccc1.Cl.O=Cc1ccccc1. The fraction of sp³-hybridized carbons (Fsp3) is 0.375. The molecule has 7 nitrogen and oxygen atoms in total. The van der Waals surface area contributed by atoms with Crippen LogP contribution in [-0.2, 0) is 25.6 Å². The highest BCUT2D eigenvalue weighted by Gasteiger charge is 2.11. The van der Waals surface area contributed by atoms with E-state index in [4.69, 9.17) is 5.73 Å². The first-order chi connectivity index (χ1) is 13.8. The zero-order chi connectivity index (χ0) is 22.1. The van der Waals surface area contributed by atoms with Gasteiger partial charge in [0.25, 0.3) is 0 Å². The van der Waals surface area contributed by atoms with Gasteiger partial charge >= 0.3 is 11.9 Å². The second kappa shape index (κ2) is 22.9. The fourth-order valence-electron chi connectivity index (χ4n) is 1.84. The van der Waals surface area contributed by atoms with Crippen molar-refractivity contribution in [2.24, 2.45) is 5.73 Å². The molecular weight excluding hydrogens is 432 g/mol. The summed E-state index contributed by atoms with van der Waals surface area (Å²) in [6.07, 6.45) is 0.833. The maximum atomic E-state index is 11.0. The third-order valence-electron chi connectivity index (χ3n) is 3.52. The van der Waals surface area contributed by atoms with Gasteiger partial charge in [-0.2, -0.15) is 0 Å². The van der Waals surface area contributed by atoms with E-state index < -0.39 is 6.04 Å². The van der Waals surface area contributed by atoms with E-state index in [0.717, 1.165) is 17.4 Å². The van der Waals surface area contributed by atoms with Crippen LogP contribution in [0.3, 0.4) is 0 Å². The molecular formula is C24H39ClN2O5. The number of rotatable bonds is 6. The lowest BCUT2D eigenvalue weighted by Crippen LogP contribution is -2.34. The van der Waals surface area contributed by atoms with Crippen LogP contribution >= 0.6 is 12.4 Å². The van der Waals surface area contributed by atoms with Gasteiger partial charge in [0.2, 0.25) is 0 Å². The summed E-state index contributed by atoms with van der Waals surface area (Å²) in [4.78, 5) is 31.2. The summed E-state index contributed by atoms with van der Waals surface area (Å²) in [6, 6.07) is 18.3. The van der Waals surface area contributed by atoms with E-state index in [-0.39, 0.29) is 45.2 Å². The Morgan fingerprint density at radius 3 is 1.66 bits per heavy atom. The highest BCUT2D eigenvalue weighted by Crippen LogP contribution is 1.98. The minimum atomic E-state index is -0.495. The number of ether oxygens (including phenoxy) is 2. The lowest BCUT2D eigenvalue weighted by atomic mass is 10.2. The highest BCUT2D eigenvalue weighted by molar-refractivity contribution is 5.85. The van der Waals surface area contributed by atoms with E-state index in [9.17, 15) is 14.4 Å². The number of carbonyl (C=O) groups is 3. The standard InChI is InChI=1S/C11H15NO2.C7H6O.C4H9NO2.2CH4.ClH/c1-9(11(13)14-2)12-8-10-6-4-3-5-7-10;8-6-7-4-2-1-3-5-7;1-3(5)4(6)7-2;;;/h3-7,9,12H,8H2,1-2H3;1-6H;3H,5H2,1-2H3;2*1H4;1H/t9-;;3-;;;/m1.1.../s1. The molecule has 8 heteroatoms. The van der Waals surface area contributed by atoms with Crippen LogP contribution in [0.1, 0.15) is 44.6 Å². The first kappa shape index (κ1) is 36.6. The summed E-state index contributed by atoms with van der Waals surface area (Å²) in [5, 5.41) is 3.08. The van der Waals surface area contributed by atoms with Gasteiger partial charge in [0.1, 0.15) is 18.4 Å². The summed E-state index contributed by atoms with van der Waals surface area (Å²) in [6.45, 7) is 4.04. The van der Waals surface area contributed by atoms with Gasteiger partial charge in [-0.25, -0.2) is 0 Å². The molecule has 0 bridgehead atoms. The largest absolute Gasteiger partial charge is 0.468 e. The maximum absolute atomic E-state index is 11.0. The number of nitrogens with one attached hydrogen (secondary N) is 1. The van der Waals surface area contributed by atoms with Crippen LogP contribution < -0.4 is 11.1 Å². The maximum Gasteiger partial charge on any atom is 0.322 e. The van der Waals surface area contributed by atoms with E-state index in [2.05, 4.69) is 14.8 Å². The van der Waals surface area contributed by atoms with Gasteiger partial charge in [0.15, 0.2) is 0 Å². The molecule has 0 saturated carbocycles. The van der Waals surface area contributed by atoms with E-state index in [0.29, 0.717) is 6.54 Å².